The molecular weight excluding hydrogens is 324 g/mol. The Morgan fingerprint density at radius 3 is 2.33 bits per heavy atom. The molecule has 1 heterocycles. The van der Waals surface area contributed by atoms with E-state index < -0.39 is 0 Å². The van der Waals surface area contributed by atoms with E-state index in [2.05, 4.69) is 36.9 Å². The molecule has 6 heteroatoms. The van der Waals surface area contributed by atoms with Gasteiger partial charge in [0.2, 0.25) is 0 Å². The molecule has 0 radical (unpaired) electrons. The molecule has 0 unspecified atom stereocenters. The Hall–Kier alpha value is -2.27. The van der Waals surface area contributed by atoms with E-state index in [-0.39, 0.29) is 22.2 Å². The lowest BCUT2D eigenvalue weighted by molar-refractivity contribution is 0.590. The lowest BCUT2D eigenvalue weighted by atomic mass is 9.85. The number of amidine groups is 1. The molecule has 128 valence electrons. The summed E-state index contributed by atoms with van der Waals surface area (Å²) < 4.78 is 0. The quantitative estimate of drug-likeness (QED) is 0.337. The highest BCUT2D eigenvalue weighted by atomic mass is 35.5. The van der Waals surface area contributed by atoms with Gasteiger partial charge in [-0.15, -0.1) is 0 Å². The Morgan fingerprint density at radius 1 is 1.21 bits per heavy atom. The summed E-state index contributed by atoms with van der Waals surface area (Å²) >= 11 is 6.47. The molecule has 0 amide bonds. The van der Waals surface area contributed by atoms with Crippen molar-refractivity contribution in [1.82, 2.24) is 4.98 Å². The molecule has 1 aromatic heterocycles. The van der Waals surface area contributed by atoms with E-state index >= 15 is 0 Å². The van der Waals surface area contributed by atoms with Crippen LogP contribution in [-0.2, 0) is 5.41 Å². The van der Waals surface area contributed by atoms with Gasteiger partial charge in [0.05, 0.1) is 5.56 Å². The average Bonchev–Trinajstić information content (AvgIpc) is 2.46. The number of aromatic nitrogens is 1. The van der Waals surface area contributed by atoms with Gasteiger partial charge in [-0.2, -0.15) is 5.10 Å². The molecule has 24 heavy (non-hydrogen) atoms. The largest absolute Gasteiger partial charge is 0.382 e. The number of aromatic amines is 1. The maximum atomic E-state index is 12.4. The van der Waals surface area contributed by atoms with Gasteiger partial charge in [0.1, 0.15) is 0 Å². The third-order valence-electron chi connectivity index (χ3n) is 4.03. The molecule has 5 N–H and O–H groups in total. The van der Waals surface area contributed by atoms with Crippen LogP contribution >= 0.6 is 11.6 Å². The van der Waals surface area contributed by atoms with Crippen LogP contribution in [0.25, 0.3) is 11.3 Å². The lowest BCUT2D eigenvalue weighted by Gasteiger charge is -2.22. The summed E-state index contributed by atoms with van der Waals surface area (Å²) in [7, 11) is 0. The normalized spacial score (nSPS) is 12.5. The molecule has 0 bridgehead atoms. The smallest absolute Gasteiger partial charge is 0.193 e. The third-order valence-corrected chi connectivity index (χ3v) is 4.34. The minimum Gasteiger partial charge on any atom is -0.382 e. The molecule has 0 atom stereocenters. The first-order valence-electron chi connectivity index (χ1n) is 7.65. The second kappa shape index (κ2) is 6.32. The van der Waals surface area contributed by atoms with Crippen LogP contribution in [0.5, 0.6) is 0 Å². The number of halogens is 1. The van der Waals surface area contributed by atoms with Crippen LogP contribution in [-0.4, -0.2) is 10.8 Å². The minimum absolute atomic E-state index is 0.0122. The summed E-state index contributed by atoms with van der Waals surface area (Å²) in [6.07, 6.45) is 0. The molecule has 0 fully saturated rings. The van der Waals surface area contributed by atoms with Gasteiger partial charge in [-0.3, -0.25) is 4.79 Å². The topological polar surface area (TPSA) is 97.3 Å². The van der Waals surface area contributed by atoms with Gasteiger partial charge in [-0.25, -0.2) is 0 Å². The fraction of sp³-hybridized carbons (Fsp3) is 0.333. The maximum absolute atomic E-state index is 12.4. The SMILES string of the molecule is Cc1cc(C(C)(C)C)c(Cl)cc1-c1cc(=O)c(/C(N)=N/N)c(C)[nH]1. The van der Waals surface area contributed by atoms with Gasteiger partial charge in [0.25, 0.3) is 0 Å². The Labute approximate surface area is 146 Å². The molecule has 5 nitrogen and oxygen atoms in total. The number of nitrogens with one attached hydrogen (secondary N) is 1. The van der Waals surface area contributed by atoms with Crippen molar-refractivity contribution < 1.29 is 0 Å². The zero-order valence-corrected chi connectivity index (χ0v) is 15.4. The van der Waals surface area contributed by atoms with Crippen LogP contribution in [0.1, 0.15) is 43.2 Å². The first kappa shape index (κ1) is 18.1. The Bertz CT molecular complexity index is 876. The molecule has 0 aliphatic rings. The van der Waals surface area contributed by atoms with Crippen LogP contribution in [0.15, 0.2) is 28.1 Å². The molecule has 2 rings (SSSR count). The van der Waals surface area contributed by atoms with E-state index in [9.17, 15) is 4.79 Å². The summed E-state index contributed by atoms with van der Waals surface area (Å²) in [6, 6.07) is 5.45. The van der Waals surface area contributed by atoms with E-state index in [0.717, 1.165) is 16.7 Å². The van der Waals surface area contributed by atoms with Crippen molar-refractivity contribution in [3.63, 3.8) is 0 Å². The van der Waals surface area contributed by atoms with Gasteiger partial charge in [0.15, 0.2) is 11.3 Å². The molecule has 0 saturated heterocycles. The Kier molecular flexibility index (Phi) is 4.76. The number of pyridine rings is 1. The predicted molar refractivity (Wildman–Crippen MR) is 101 cm³/mol. The van der Waals surface area contributed by atoms with E-state index in [1.165, 1.54) is 6.07 Å². The minimum atomic E-state index is -0.233. The first-order valence-corrected chi connectivity index (χ1v) is 8.02. The van der Waals surface area contributed by atoms with Crippen LogP contribution < -0.4 is 17.0 Å². The lowest BCUT2D eigenvalue weighted by Crippen LogP contribution is -2.26. The standard InChI is InChI=1S/C18H23ClN4O/c1-9-6-12(18(3,4)5)13(19)7-11(9)14-8-15(24)16(10(2)22-14)17(20)23-21/h6-8H,21H2,1-5H3,(H2,20,23)(H,22,24). The zero-order chi connectivity index (χ0) is 18.2. The van der Waals surface area contributed by atoms with Gasteiger partial charge in [0, 0.05) is 28.0 Å². The highest BCUT2D eigenvalue weighted by Crippen LogP contribution is 2.34. The third kappa shape index (κ3) is 3.31. The van der Waals surface area contributed by atoms with E-state index in [1.54, 1.807) is 6.92 Å². The second-order valence-electron chi connectivity index (χ2n) is 6.96. The van der Waals surface area contributed by atoms with Crippen molar-refractivity contribution in [2.45, 2.75) is 40.0 Å². The molecule has 0 spiro atoms. The van der Waals surface area contributed by atoms with Crippen molar-refractivity contribution in [3.05, 3.63) is 55.8 Å². The maximum Gasteiger partial charge on any atom is 0.193 e. The van der Waals surface area contributed by atoms with Gasteiger partial charge >= 0.3 is 0 Å². The van der Waals surface area contributed by atoms with Crippen molar-refractivity contribution in [1.29, 1.82) is 0 Å². The summed E-state index contributed by atoms with van der Waals surface area (Å²) in [4.78, 5) is 15.6. The summed E-state index contributed by atoms with van der Waals surface area (Å²) in [6.45, 7) is 10.1. The van der Waals surface area contributed by atoms with Crippen molar-refractivity contribution in [3.8, 4) is 11.3 Å². The van der Waals surface area contributed by atoms with Crippen LogP contribution in [0.4, 0.5) is 0 Å². The summed E-state index contributed by atoms with van der Waals surface area (Å²) in [5.41, 5.74) is 9.97. The average molecular weight is 347 g/mol. The number of hydrogen-bond acceptors (Lipinski definition) is 3. The fourth-order valence-electron chi connectivity index (χ4n) is 2.76. The first-order chi connectivity index (χ1) is 11.1. The Balaban J connectivity index is 2.66. The molecule has 0 aliphatic carbocycles. The predicted octanol–water partition coefficient (Wildman–Crippen LogP) is 3.19. The summed E-state index contributed by atoms with van der Waals surface area (Å²) in [5, 5.41) is 4.08. The number of hydrazone groups is 1. The van der Waals surface area contributed by atoms with E-state index in [4.69, 9.17) is 23.2 Å². The van der Waals surface area contributed by atoms with Gasteiger partial charge < -0.3 is 16.6 Å². The van der Waals surface area contributed by atoms with Crippen molar-refractivity contribution >= 4 is 17.4 Å². The van der Waals surface area contributed by atoms with E-state index in [0.29, 0.717) is 16.4 Å². The number of rotatable bonds is 2. The number of nitrogens with zero attached hydrogens (tertiary/aromatic N) is 1. The highest BCUT2D eigenvalue weighted by Gasteiger charge is 2.20. The van der Waals surface area contributed by atoms with Gasteiger partial charge in [-0.05, 0) is 36.5 Å². The van der Waals surface area contributed by atoms with Gasteiger partial charge in [-0.1, -0.05) is 38.4 Å². The number of benzene rings is 1. The number of hydrogen-bond donors (Lipinski definition) is 3. The number of H-pyrrole nitrogens is 1. The van der Waals surface area contributed by atoms with Crippen LogP contribution in [0, 0.1) is 13.8 Å². The van der Waals surface area contributed by atoms with Crippen molar-refractivity contribution in [2.75, 3.05) is 0 Å². The molecule has 1 aromatic carbocycles. The molecular formula is C18H23ClN4O. The Morgan fingerprint density at radius 2 is 1.83 bits per heavy atom. The van der Waals surface area contributed by atoms with Crippen LogP contribution in [0.3, 0.4) is 0 Å². The number of aryl methyl sites for hydroxylation is 2. The highest BCUT2D eigenvalue weighted by molar-refractivity contribution is 6.31. The van der Waals surface area contributed by atoms with Crippen molar-refractivity contribution in [2.24, 2.45) is 16.7 Å². The fourth-order valence-corrected chi connectivity index (χ4v) is 3.21. The summed E-state index contributed by atoms with van der Waals surface area (Å²) in [5.74, 6) is 5.20. The monoisotopic (exact) mass is 346 g/mol. The molecule has 0 saturated carbocycles. The number of nitrogens with two attached hydrogens (primary N) is 2. The van der Waals surface area contributed by atoms with E-state index in [1.807, 2.05) is 13.0 Å². The second-order valence-corrected chi connectivity index (χ2v) is 7.37. The zero-order valence-electron chi connectivity index (χ0n) is 14.6. The molecule has 2 aromatic rings. The van der Waals surface area contributed by atoms with Crippen LogP contribution in [0.2, 0.25) is 5.02 Å². The molecule has 0 aliphatic heterocycles.